The summed E-state index contributed by atoms with van der Waals surface area (Å²) >= 11 is 0. The number of nitrogens with one attached hydrogen (secondary N) is 1. The van der Waals surface area contributed by atoms with Crippen molar-refractivity contribution in [1.82, 2.24) is 4.98 Å². The molecular weight excluding hydrogens is 375 g/mol. The molecule has 1 aromatic heterocycles. The molecule has 2 aliphatic heterocycles. The molecule has 0 atom stereocenters. The van der Waals surface area contributed by atoms with E-state index in [9.17, 15) is 4.39 Å². The molecule has 3 aromatic rings. The first kappa shape index (κ1) is 18.6. The van der Waals surface area contributed by atoms with E-state index in [-0.39, 0.29) is 11.4 Å². The molecule has 0 amide bonds. The van der Waals surface area contributed by atoms with E-state index in [2.05, 4.69) is 49.3 Å². The molecule has 3 nitrogen and oxygen atoms in total. The number of ether oxygens (including phenoxy) is 1. The summed E-state index contributed by atoms with van der Waals surface area (Å²) in [6.07, 6.45) is 5.98. The number of aryl methyl sites for hydroxylation is 1. The summed E-state index contributed by atoms with van der Waals surface area (Å²) in [6.45, 7) is 8.44. The van der Waals surface area contributed by atoms with Gasteiger partial charge in [-0.1, -0.05) is 18.2 Å². The number of halogens is 1. The third-order valence-corrected chi connectivity index (χ3v) is 5.65. The summed E-state index contributed by atoms with van der Waals surface area (Å²) in [5.41, 5.74) is 7.76. The summed E-state index contributed by atoms with van der Waals surface area (Å²) in [5.74, 6) is 1.09. The number of aromatic nitrogens is 1. The van der Waals surface area contributed by atoms with Gasteiger partial charge in [-0.15, -0.1) is 0 Å². The van der Waals surface area contributed by atoms with E-state index < -0.39 is 0 Å². The van der Waals surface area contributed by atoms with Crippen LogP contribution in [0.5, 0.6) is 5.75 Å². The van der Waals surface area contributed by atoms with Crippen LogP contribution in [-0.2, 0) is 0 Å². The topological polar surface area (TPSA) is 34.2 Å². The molecule has 0 aliphatic carbocycles. The molecule has 0 saturated carbocycles. The normalized spacial score (nSPS) is 17.2. The Morgan fingerprint density at radius 1 is 1.03 bits per heavy atom. The number of rotatable bonds is 1. The number of hydrogen-bond acceptors (Lipinski definition) is 3. The minimum atomic E-state index is -0.277. The molecule has 0 saturated heterocycles. The van der Waals surface area contributed by atoms with E-state index in [4.69, 9.17) is 4.74 Å². The zero-order chi connectivity index (χ0) is 21.0. The highest BCUT2D eigenvalue weighted by Gasteiger charge is 2.31. The monoisotopic (exact) mass is 398 g/mol. The average molecular weight is 398 g/mol. The van der Waals surface area contributed by atoms with E-state index in [1.54, 1.807) is 18.3 Å². The maximum Gasteiger partial charge on any atom is 0.138 e. The fraction of sp³-hybridized carbons (Fsp3) is 0.192. The number of pyridine rings is 1. The van der Waals surface area contributed by atoms with Crippen LogP contribution in [0, 0.1) is 12.7 Å². The van der Waals surface area contributed by atoms with Crippen molar-refractivity contribution >= 4 is 23.1 Å². The summed E-state index contributed by atoms with van der Waals surface area (Å²) in [6, 6.07) is 12.7. The largest absolute Gasteiger partial charge is 0.456 e. The standard InChI is InChI=1S/C26H23FN2O/c1-15-6-5-11-28-21(15)13-23-25-18(19-12-17(27)7-10-22(19)30-23)8-9-20-24(25)16(2)14-26(3,4)29-20/h5-14,29H,1-4H3/b23-13-. The maximum absolute atomic E-state index is 14.1. The van der Waals surface area contributed by atoms with Crippen LogP contribution < -0.4 is 10.1 Å². The average Bonchev–Trinajstić information content (AvgIpc) is 2.68. The summed E-state index contributed by atoms with van der Waals surface area (Å²) in [7, 11) is 0. The quantitative estimate of drug-likeness (QED) is 0.496. The smallest absolute Gasteiger partial charge is 0.138 e. The lowest BCUT2D eigenvalue weighted by molar-refractivity contribution is 0.511. The molecule has 0 unspecified atom stereocenters. The minimum absolute atomic E-state index is 0.147. The molecule has 5 rings (SSSR count). The maximum atomic E-state index is 14.1. The Morgan fingerprint density at radius 2 is 1.87 bits per heavy atom. The van der Waals surface area contributed by atoms with Gasteiger partial charge in [-0.3, -0.25) is 4.98 Å². The summed E-state index contributed by atoms with van der Waals surface area (Å²) in [5, 5.41) is 3.60. The van der Waals surface area contributed by atoms with Crippen molar-refractivity contribution in [3.05, 3.63) is 82.9 Å². The van der Waals surface area contributed by atoms with Crippen LogP contribution in [0.2, 0.25) is 0 Å². The van der Waals surface area contributed by atoms with Gasteiger partial charge < -0.3 is 10.1 Å². The molecule has 2 aliphatic rings. The van der Waals surface area contributed by atoms with E-state index in [0.717, 1.165) is 50.5 Å². The first-order valence-corrected chi connectivity index (χ1v) is 10.1. The zero-order valence-corrected chi connectivity index (χ0v) is 17.5. The van der Waals surface area contributed by atoms with Crippen molar-refractivity contribution in [2.75, 3.05) is 5.32 Å². The van der Waals surface area contributed by atoms with Crippen LogP contribution in [0.3, 0.4) is 0 Å². The minimum Gasteiger partial charge on any atom is -0.456 e. The predicted molar refractivity (Wildman–Crippen MR) is 121 cm³/mol. The number of hydrogen-bond donors (Lipinski definition) is 1. The van der Waals surface area contributed by atoms with Gasteiger partial charge in [0.15, 0.2) is 0 Å². The summed E-state index contributed by atoms with van der Waals surface area (Å²) < 4.78 is 20.4. The van der Waals surface area contributed by atoms with E-state index >= 15 is 0 Å². The van der Waals surface area contributed by atoms with Crippen molar-refractivity contribution in [2.24, 2.45) is 0 Å². The fourth-order valence-electron chi connectivity index (χ4n) is 4.44. The Bertz CT molecular complexity index is 1250. The van der Waals surface area contributed by atoms with Crippen LogP contribution in [0.15, 0.2) is 54.7 Å². The summed E-state index contributed by atoms with van der Waals surface area (Å²) in [4.78, 5) is 4.52. The molecule has 0 bridgehead atoms. The fourth-order valence-corrected chi connectivity index (χ4v) is 4.44. The highest BCUT2D eigenvalue weighted by Crippen LogP contribution is 2.49. The van der Waals surface area contributed by atoms with Gasteiger partial charge in [0, 0.05) is 34.7 Å². The Balaban J connectivity index is 1.82. The van der Waals surface area contributed by atoms with Gasteiger partial charge in [0.25, 0.3) is 0 Å². The number of allylic oxidation sites excluding steroid dienone is 1. The van der Waals surface area contributed by atoms with E-state index in [1.807, 2.05) is 25.1 Å². The highest BCUT2D eigenvalue weighted by molar-refractivity contribution is 6.00. The van der Waals surface area contributed by atoms with Crippen molar-refractivity contribution in [3.8, 4) is 16.9 Å². The van der Waals surface area contributed by atoms with Crippen molar-refractivity contribution in [2.45, 2.75) is 33.2 Å². The highest BCUT2D eigenvalue weighted by atomic mass is 19.1. The molecular formula is C26H23FN2O. The lowest BCUT2D eigenvalue weighted by Crippen LogP contribution is -2.32. The molecule has 0 fully saturated rings. The van der Waals surface area contributed by atoms with Crippen LogP contribution in [0.1, 0.15) is 43.2 Å². The number of anilines is 1. The van der Waals surface area contributed by atoms with E-state index in [0.29, 0.717) is 5.75 Å². The molecule has 30 heavy (non-hydrogen) atoms. The van der Waals surface area contributed by atoms with Crippen LogP contribution >= 0.6 is 0 Å². The van der Waals surface area contributed by atoms with Crippen LogP contribution in [0.25, 0.3) is 28.5 Å². The van der Waals surface area contributed by atoms with Gasteiger partial charge in [0.05, 0.1) is 11.2 Å². The molecule has 0 radical (unpaired) electrons. The third kappa shape index (κ3) is 3.00. The molecule has 150 valence electrons. The van der Waals surface area contributed by atoms with Crippen molar-refractivity contribution in [3.63, 3.8) is 0 Å². The first-order chi connectivity index (χ1) is 14.3. The Hall–Kier alpha value is -3.40. The molecule has 2 aromatic carbocycles. The Kier molecular flexibility index (Phi) is 4.07. The Labute approximate surface area is 175 Å². The second-order valence-corrected chi connectivity index (χ2v) is 8.54. The third-order valence-electron chi connectivity index (χ3n) is 5.65. The SMILES string of the molecule is CC1=CC(C)(C)Nc2ccc3c(c21)/C(=C/c1ncccc1C)Oc1ccc(F)cc1-3. The zero-order valence-electron chi connectivity index (χ0n) is 17.5. The van der Waals surface area contributed by atoms with Gasteiger partial charge in [-0.2, -0.15) is 0 Å². The molecule has 3 heterocycles. The second kappa shape index (κ2) is 6.56. The van der Waals surface area contributed by atoms with Crippen LogP contribution in [0.4, 0.5) is 10.1 Å². The number of benzene rings is 2. The lowest BCUT2D eigenvalue weighted by Gasteiger charge is -2.35. The second-order valence-electron chi connectivity index (χ2n) is 8.54. The Morgan fingerprint density at radius 3 is 2.67 bits per heavy atom. The lowest BCUT2D eigenvalue weighted by atomic mass is 9.83. The van der Waals surface area contributed by atoms with Gasteiger partial charge >= 0.3 is 0 Å². The van der Waals surface area contributed by atoms with E-state index in [1.165, 1.54) is 6.07 Å². The molecule has 4 heteroatoms. The van der Waals surface area contributed by atoms with Gasteiger partial charge in [0.2, 0.25) is 0 Å². The van der Waals surface area contributed by atoms with Crippen LogP contribution in [-0.4, -0.2) is 10.5 Å². The number of fused-ring (bicyclic) bond motifs is 5. The molecule has 0 spiro atoms. The van der Waals surface area contributed by atoms with Gasteiger partial charge in [-0.25, -0.2) is 4.39 Å². The van der Waals surface area contributed by atoms with Crippen molar-refractivity contribution in [1.29, 1.82) is 0 Å². The van der Waals surface area contributed by atoms with Crippen molar-refractivity contribution < 1.29 is 9.13 Å². The van der Waals surface area contributed by atoms with Gasteiger partial charge in [-0.05, 0) is 74.7 Å². The predicted octanol–water partition coefficient (Wildman–Crippen LogP) is 6.69. The van der Waals surface area contributed by atoms with Gasteiger partial charge in [0.1, 0.15) is 17.3 Å². The first-order valence-electron chi connectivity index (χ1n) is 10.1. The molecule has 1 N–H and O–H groups in total. The number of nitrogens with zero attached hydrogens (tertiary/aromatic N) is 1.